The quantitative estimate of drug-likeness (QED) is 0.907. The summed E-state index contributed by atoms with van der Waals surface area (Å²) in [6.45, 7) is 2.55. The van der Waals surface area contributed by atoms with Gasteiger partial charge in [-0.2, -0.15) is 0 Å². The Kier molecular flexibility index (Phi) is 3.72. The van der Waals surface area contributed by atoms with Crippen LogP contribution < -0.4 is 5.32 Å². The van der Waals surface area contributed by atoms with Gasteiger partial charge in [-0.1, -0.05) is 11.6 Å². The first-order chi connectivity index (χ1) is 8.58. The smallest absolute Gasteiger partial charge is 0.251 e. The average Bonchev–Trinajstić information content (AvgIpc) is 2.68. The van der Waals surface area contributed by atoms with Crippen LogP contribution in [-0.4, -0.2) is 10.5 Å². The molecule has 0 bridgehead atoms. The minimum atomic E-state index is -0.0921. The molecule has 0 aliphatic rings. The molecule has 2 aromatic rings. The normalized spacial score (nSPS) is 10.4. The SMILES string of the molecule is Cc1ccc(CNC(=O)c2ccc(Cl)cc2)n1C. The third-order valence-corrected chi connectivity index (χ3v) is 3.27. The molecule has 94 valence electrons. The molecule has 1 N–H and O–H groups in total. The van der Waals surface area contributed by atoms with Gasteiger partial charge in [-0.05, 0) is 43.3 Å². The zero-order valence-corrected chi connectivity index (χ0v) is 11.2. The number of nitrogens with one attached hydrogen (secondary N) is 1. The first-order valence-corrected chi connectivity index (χ1v) is 6.10. The van der Waals surface area contributed by atoms with Crippen molar-refractivity contribution in [1.82, 2.24) is 9.88 Å². The molecule has 0 unspecified atom stereocenters. The van der Waals surface area contributed by atoms with Crippen LogP contribution in [0.3, 0.4) is 0 Å². The van der Waals surface area contributed by atoms with Gasteiger partial charge in [0.2, 0.25) is 0 Å². The van der Waals surface area contributed by atoms with E-state index in [-0.39, 0.29) is 5.91 Å². The van der Waals surface area contributed by atoms with Crippen LogP contribution in [0.25, 0.3) is 0 Å². The molecule has 1 amide bonds. The monoisotopic (exact) mass is 262 g/mol. The molecule has 18 heavy (non-hydrogen) atoms. The van der Waals surface area contributed by atoms with E-state index < -0.39 is 0 Å². The number of carbonyl (C=O) groups excluding carboxylic acids is 1. The number of hydrogen-bond donors (Lipinski definition) is 1. The Morgan fingerprint density at radius 3 is 2.44 bits per heavy atom. The van der Waals surface area contributed by atoms with E-state index in [0.29, 0.717) is 17.1 Å². The molecule has 0 radical (unpaired) electrons. The summed E-state index contributed by atoms with van der Waals surface area (Å²) in [4.78, 5) is 11.9. The third kappa shape index (κ3) is 2.74. The van der Waals surface area contributed by atoms with Crippen molar-refractivity contribution < 1.29 is 4.79 Å². The highest BCUT2D eigenvalue weighted by molar-refractivity contribution is 6.30. The number of aryl methyl sites for hydroxylation is 1. The lowest BCUT2D eigenvalue weighted by Gasteiger charge is -2.07. The van der Waals surface area contributed by atoms with Crippen LogP contribution >= 0.6 is 11.6 Å². The molecule has 1 aromatic carbocycles. The van der Waals surface area contributed by atoms with Gasteiger partial charge >= 0.3 is 0 Å². The topological polar surface area (TPSA) is 34.0 Å². The van der Waals surface area contributed by atoms with Crippen molar-refractivity contribution in [3.8, 4) is 0 Å². The van der Waals surface area contributed by atoms with E-state index in [0.717, 1.165) is 5.69 Å². The number of carbonyl (C=O) groups is 1. The second kappa shape index (κ2) is 5.27. The first-order valence-electron chi connectivity index (χ1n) is 5.73. The van der Waals surface area contributed by atoms with Gasteiger partial charge in [-0.25, -0.2) is 0 Å². The summed E-state index contributed by atoms with van der Waals surface area (Å²) < 4.78 is 2.06. The lowest BCUT2D eigenvalue weighted by molar-refractivity contribution is 0.0950. The van der Waals surface area contributed by atoms with Crippen LogP contribution in [0.2, 0.25) is 5.02 Å². The lowest BCUT2D eigenvalue weighted by Crippen LogP contribution is -2.23. The molecule has 1 heterocycles. The van der Waals surface area contributed by atoms with Crippen molar-refractivity contribution in [2.45, 2.75) is 13.5 Å². The average molecular weight is 263 g/mol. The van der Waals surface area contributed by atoms with Gasteiger partial charge in [0.1, 0.15) is 0 Å². The maximum Gasteiger partial charge on any atom is 0.251 e. The second-order valence-electron chi connectivity index (χ2n) is 4.21. The molecular formula is C14H15ClN2O. The molecular weight excluding hydrogens is 248 g/mol. The molecule has 1 aromatic heterocycles. The Morgan fingerprint density at radius 1 is 1.22 bits per heavy atom. The summed E-state index contributed by atoms with van der Waals surface area (Å²) in [5.74, 6) is -0.0921. The van der Waals surface area contributed by atoms with Crippen LogP contribution in [0.4, 0.5) is 0 Å². The number of halogens is 1. The van der Waals surface area contributed by atoms with E-state index in [1.807, 2.05) is 26.1 Å². The van der Waals surface area contributed by atoms with Crippen molar-refractivity contribution in [2.75, 3.05) is 0 Å². The molecule has 0 spiro atoms. The largest absolute Gasteiger partial charge is 0.350 e. The van der Waals surface area contributed by atoms with Crippen LogP contribution in [-0.2, 0) is 13.6 Å². The Bertz CT molecular complexity index is 558. The van der Waals surface area contributed by atoms with Crippen LogP contribution in [0.15, 0.2) is 36.4 Å². The van der Waals surface area contributed by atoms with Crippen molar-refractivity contribution >= 4 is 17.5 Å². The molecule has 0 aliphatic heterocycles. The number of nitrogens with zero attached hydrogens (tertiary/aromatic N) is 1. The number of hydrogen-bond acceptors (Lipinski definition) is 1. The van der Waals surface area contributed by atoms with Gasteiger partial charge in [0.15, 0.2) is 0 Å². The van der Waals surface area contributed by atoms with Crippen molar-refractivity contribution in [1.29, 1.82) is 0 Å². The van der Waals surface area contributed by atoms with E-state index in [2.05, 4.69) is 9.88 Å². The summed E-state index contributed by atoms with van der Waals surface area (Å²) in [6.07, 6.45) is 0. The molecule has 0 atom stereocenters. The van der Waals surface area contributed by atoms with E-state index in [1.165, 1.54) is 5.69 Å². The van der Waals surface area contributed by atoms with Gasteiger partial charge in [0.25, 0.3) is 5.91 Å². The zero-order chi connectivity index (χ0) is 13.1. The Balaban J connectivity index is 2.00. The maximum absolute atomic E-state index is 11.9. The van der Waals surface area contributed by atoms with E-state index in [4.69, 9.17) is 11.6 Å². The van der Waals surface area contributed by atoms with E-state index in [9.17, 15) is 4.79 Å². The van der Waals surface area contributed by atoms with Crippen LogP contribution in [0.5, 0.6) is 0 Å². The van der Waals surface area contributed by atoms with E-state index in [1.54, 1.807) is 24.3 Å². The molecule has 2 rings (SSSR count). The zero-order valence-electron chi connectivity index (χ0n) is 10.4. The first kappa shape index (κ1) is 12.7. The van der Waals surface area contributed by atoms with Crippen LogP contribution in [0, 0.1) is 6.92 Å². The molecule has 0 fully saturated rings. The summed E-state index contributed by atoms with van der Waals surface area (Å²) >= 11 is 5.78. The number of benzene rings is 1. The van der Waals surface area contributed by atoms with Crippen molar-refractivity contribution in [3.63, 3.8) is 0 Å². The molecule has 0 saturated heterocycles. The standard InChI is InChI=1S/C14H15ClN2O/c1-10-3-8-13(17(10)2)9-16-14(18)11-4-6-12(15)7-5-11/h3-8H,9H2,1-2H3,(H,16,18). The summed E-state index contributed by atoms with van der Waals surface area (Å²) in [5, 5.41) is 3.52. The fourth-order valence-electron chi connectivity index (χ4n) is 1.72. The second-order valence-corrected chi connectivity index (χ2v) is 4.65. The van der Waals surface area contributed by atoms with Crippen molar-refractivity contribution in [3.05, 3.63) is 58.4 Å². The van der Waals surface area contributed by atoms with Gasteiger partial charge in [0, 0.05) is 29.0 Å². The Hall–Kier alpha value is -1.74. The summed E-state index contributed by atoms with van der Waals surface area (Å²) in [7, 11) is 1.99. The highest BCUT2D eigenvalue weighted by Crippen LogP contribution is 2.10. The maximum atomic E-state index is 11.9. The Morgan fingerprint density at radius 2 is 1.89 bits per heavy atom. The van der Waals surface area contributed by atoms with Gasteiger partial charge < -0.3 is 9.88 Å². The molecule has 0 aliphatic carbocycles. The summed E-state index contributed by atoms with van der Waals surface area (Å²) in [5.41, 5.74) is 2.87. The third-order valence-electron chi connectivity index (χ3n) is 3.01. The molecule has 3 nitrogen and oxygen atoms in total. The number of aromatic nitrogens is 1. The van der Waals surface area contributed by atoms with Crippen molar-refractivity contribution in [2.24, 2.45) is 7.05 Å². The molecule has 0 saturated carbocycles. The van der Waals surface area contributed by atoms with Gasteiger partial charge in [-0.15, -0.1) is 0 Å². The Labute approximate surface area is 111 Å². The highest BCUT2D eigenvalue weighted by atomic mass is 35.5. The molecule has 4 heteroatoms. The number of amides is 1. The predicted molar refractivity (Wildman–Crippen MR) is 72.8 cm³/mol. The number of rotatable bonds is 3. The predicted octanol–water partition coefficient (Wildman–Crippen LogP) is 2.92. The lowest BCUT2D eigenvalue weighted by atomic mass is 10.2. The highest BCUT2D eigenvalue weighted by Gasteiger charge is 2.06. The summed E-state index contributed by atoms with van der Waals surface area (Å²) in [6, 6.07) is 10.9. The minimum Gasteiger partial charge on any atom is -0.350 e. The van der Waals surface area contributed by atoms with Crippen LogP contribution in [0.1, 0.15) is 21.7 Å². The van der Waals surface area contributed by atoms with Gasteiger partial charge in [0.05, 0.1) is 6.54 Å². The fraction of sp³-hybridized carbons (Fsp3) is 0.214. The van der Waals surface area contributed by atoms with Gasteiger partial charge in [-0.3, -0.25) is 4.79 Å². The van der Waals surface area contributed by atoms with E-state index >= 15 is 0 Å². The fourth-order valence-corrected chi connectivity index (χ4v) is 1.84. The minimum absolute atomic E-state index is 0.0921.